The summed E-state index contributed by atoms with van der Waals surface area (Å²) < 4.78 is 10.4. The summed E-state index contributed by atoms with van der Waals surface area (Å²) in [4.78, 5) is 13.9. The van der Waals surface area contributed by atoms with E-state index in [4.69, 9.17) is 14.9 Å². The number of nitrogens with zero attached hydrogens (tertiary/aromatic N) is 1. The monoisotopic (exact) mass is 266 g/mol. The Morgan fingerprint density at radius 3 is 2.95 bits per heavy atom. The lowest BCUT2D eigenvalue weighted by Gasteiger charge is -2.26. The summed E-state index contributed by atoms with van der Waals surface area (Å²) in [5.41, 5.74) is 6.34. The normalized spacial score (nSPS) is 16.6. The molecule has 1 unspecified atom stereocenters. The molecule has 1 atom stereocenters. The van der Waals surface area contributed by atoms with Gasteiger partial charge < -0.3 is 14.9 Å². The van der Waals surface area contributed by atoms with Crippen LogP contribution in [-0.4, -0.2) is 37.1 Å². The van der Waals surface area contributed by atoms with E-state index in [1.54, 1.807) is 13.0 Å². The molecular formula is C14H22N2O3. The first-order valence-electron chi connectivity index (χ1n) is 6.81. The number of hydrogen-bond donors (Lipinski definition) is 1. The molecule has 0 aliphatic heterocycles. The van der Waals surface area contributed by atoms with Crippen LogP contribution >= 0.6 is 0 Å². The predicted octanol–water partition coefficient (Wildman–Crippen LogP) is 1.63. The highest BCUT2D eigenvalue weighted by Crippen LogP contribution is 2.35. The number of furan rings is 1. The summed E-state index contributed by atoms with van der Waals surface area (Å²) in [6.45, 7) is 3.38. The van der Waals surface area contributed by atoms with Gasteiger partial charge in [0.15, 0.2) is 0 Å². The number of nitrogens with two attached hydrogens (primary N) is 1. The first kappa shape index (κ1) is 14.1. The SMILES string of the molecule is CCOC(=O)c1ccoc1CN(C)C(CN)C1CC1. The molecule has 5 heteroatoms. The van der Waals surface area contributed by atoms with Crippen molar-refractivity contribution in [2.24, 2.45) is 11.7 Å². The maximum absolute atomic E-state index is 11.8. The summed E-state index contributed by atoms with van der Waals surface area (Å²) in [7, 11) is 2.02. The first-order chi connectivity index (χ1) is 9.17. The fraction of sp³-hybridized carbons (Fsp3) is 0.643. The second kappa shape index (κ2) is 6.21. The average Bonchev–Trinajstić information content (AvgIpc) is 3.09. The predicted molar refractivity (Wildman–Crippen MR) is 71.7 cm³/mol. The van der Waals surface area contributed by atoms with Crippen molar-refractivity contribution in [2.75, 3.05) is 20.2 Å². The number of ether oxygens (including phenoxy) is 1. The second-order valence-corrected chi connectivity index (χ2v) is 5.03. The van der Waals surface area contributed by atoms with Gasteiger partial charge in [-0.2, -0.15) is 0 Å². The molecule has 1 aromatic heterocycles. The molecule has 2 rings (SSSR count). The zero-order valence-electron chi connectivity index (χ0n) is 11.6. The van der Waals surface area contributed by atoms with Gasteiger partial charge in [0, 0.05) is 12.6 Å². The lowest BCUT2D eigenvalue weighted by molar-refractivity contribution is 0.0521. The van der Waals surface area contributed by atoms with E-state index in [-0.39, 0.29) is 5.97 Å². The molecule has 1 fully saturated rings. The summed E-state index contributed by atoms with van der Waals surface area (Å²) in [5, 5.41) is 0. The number of carbonyl (C=O) groups excluding carboxylic acids is 1. The van der Waals surface area contributed by atoms with Crippen LogP contribution in [-0.2, 0) is 11.3 Å². The topological polar surface area (TPSA) is 68.7 Å². The molecule has 1 saturated carbocycles. The summed E-state index contributed by atoms with van der Waals surface area (Å²) in [6, 6.07) is 2.02. The Labute approximate surface area is 113 Å². The van der Waals surface area contributed by atoms with Gasteiger partial charge >= 0.3 is 5.97 Å². The fourth-order valence-electron chi connectivity index (χ4n) is 2.41. The third-order valence-corrected chi connectivity index (χ3v) is 3.61. The van der Waals surface area contributed by atoms with Crippen molar-refractivity contribution in [3.8, 4) is 0 Å². The maximum Gasteiger partial charge on any atom is 0.341 e. The Morgan fingerprint density at radius 1 is 1.63 bits per heavy atom. The molecule has 0 radical (unpaired) electrons. The van der Waals surface area contributed by atoms with E-state index in [1.807, 2.05) is 7.05 Å². The first-order valence-corrected chi connectivity index (χ1v) is 6.81. The highest BCUT2D eigenvalue weighted by atomic mass is 16.5. The third-order valence-electron chi connectivity index (χ3n) is 3.61. The molecular weight excluding hydrogens is 244 g/mol. The maximum atomic E-state index is 11.8. The molecule has 0 amide bonds. The van der Waals surface area contributed by atoms with Crippen LogP contribution in [0.5, 0.6) is 0 Å². The van der Waals surface area contributed by atoms with Crippen molar-refractivity contribution in [1.29, 1.82) is 0 Å². The minimum Gasteiger partial charge on any atom is -0.467 e. The number of carbonyl (C=O) groups is 1. The van der Waals surface area contributed by atoms with Gasteiger partial charge in [0.25, 0.3) is 0 Å². The highest BCUT2D eigenvalue weighted by Gasteiger charge is 2.33. The number of hydrogen-bond acceptors (Lipinski definition) is 5. The van der Waals surface area contributed by atoms with Crippen LogP contribution in [0.15, 0.2) is 16.7 Å². The van der Waals surface area contributed by atoms with E-state index >= 15 is 0 Å². The van der Waals surface area contributed by atoms with E-state index in [0.717, 1.165) is 0 Å². The van der Waals surface area contributed by atoms with E-state index in [1.165, 1.54) is 19.1 Å². The van der Waals surface area contributed by atoms with Gasteiger partial charge in [-0.1, -0.05) is 0 Å². The van der Waals surface area contributed by atoms with Gasteiger partial charge in [0.05, 0.1) is 19.4 Å². The van der Waals surface area contributed by atoms with Gasteiger partial charge in [-0.15, -0.1) is 0 Å². The Kier molecular flexibility index (Phi) is 4.61. The number of esters is 1. The van der Waals surface area contributed by atoms with Crippen LogP contribution in [0.1, 0.15) is 35.9 Å². The van der Waals surface area contributed by atoms with Crippen molar-refractivity contribution in [3.63, 3.8) is 0 Å². The van der Waals surface area contributed by atoms with Gasteiger partial charge in [0.2, 0.25) is 0 Å². The Morgan fingerprint density at radius 2 is 2.37 bits per heavy atom. The quantitative estimate of drug-likeness (QED) is 0.760. The van der Waals surface area contributed by atoms with Crippen LogP contribution in [0.4, 0.5) is 0 Å². The molecule has 0 saturated heterocycles. The fourth-order valence-corrected chi connectivity index (χ4v) is 2.41. The molecule has 0 bridgehead atoms. The molecule has 2 N–H and O–H groups in total. The van der Waals surface area contributed by atoms with Crippen molar-refractivity contribution in [3.05, 3.63) is 23.7 Å². The zero-order chi connectivity index (χ0) is 13.8. The van der Waals surface area contributed by atoms with E-state index < -0.39 is 0 Å². The molecule has 0 spiro atoms. The van der Waals surface area contributed by atoms with Crippen LogP contribution in [0.25, 0.3) is 0 Å². The highest BCUT2D eigenvalue weighted by molar-refractivity contribution is 5.90. The zero-order valence-corrected chi connectivity index (χ0v) is 11.6. The van der Waals surface area contributed by atoms with E-state index in [0.29, 0.717) is 43.0 Å². The van der Waals surface area contributed by atoms with Gasteiger partial charge in [-0.25, -0.2) is 4.79 Å². The summed E-state index contributed by atoms with van der Waals surface area (Å²) in [6.07, 6.45) is 4.02. The van der Waals surface area contributed by atoms with Crippen molar-refractivity contribution >= 4 is 5.97 Å². The molecule has 1 aliphatic carbocycles. The lowest BCUT2D eigenvalue weighted by atomic mass is 10.1. The molecule has 1 heterocycles. The molecule has 1 aromatic rings. The molecule has 0 aromatic carbocycles. The van der Waals surface area contributed by atoms with Gasteiger partial charge in [-0.3, -0.25) is 4.90 Å². The van der Waals surface area contributed by atoms with Crippen LogP contribution in [0.2, 0.25) is 0 Å². The minimum atomic E-state index is -0.324. The van der Waals surface area contributed by atoms with Crippen LogP contribution in [0, 0.1) is 5.92 Å². The minimum absolute atomic E-state index is 0.324. The lowest BCUT2D eigenvalue weighted by Crippen LogP contribution is -2.39. The molecule has 5 nitrogen and oxygen atoms in total. The Hall–Kier alpha value is -1.33. The molecule has 19 heavy (non-hydrogen) atoms. The van der Waals surface area contributed by atoms with Gasteiger partial charge in [-0.05, 0) is 38.8 Å². The van der Waals surface area contributed by atoms with Crippen molar-refractivity contribution in [2.45, 2.75) is 32.4 Å². The van der Waals surface area contributed by atoms with E-state index in [9.17, 15) is 4.79 Å². The third kappa shape index (κ3) is 3.36. The average molecular weight is 266 g/mol. The largest absolute Gasteiger partial charge is 0.467 e. The summed E-state index contributed by atoms with van der Waals surface area (Å²) >= 11 is 0. The van der Waals surface area contributed by atoms with E-state index in [2.05, 4.69) is 4.90 Å². The standard InChI is InChI=1S/C14H22N2O3/c1-3-18-14(17)11-6-7-19-13(11)9-16(2)12(8-15)10-4-5-10/h6-7,10,12H,3-5,8-9,15H2,1-2H3. The van der Waals surface area contributed by atoms with Crippen molar-refractivity contribution in [1.82, 2.24) is 4.90 Å². The Balaban J connectivity index is 2.02. The molecule has 106 valence electrons. The summed E-state index contributed by atoms with van der Waals surface area (Å²) in [5.74, 6) is 1.02. The van der Waals surface area contributed by atoms with Crippen molar-refractivity contribution < 1.29 is 13.9 Å². The smallest absolute Gasteiger partial charge is 0.341 e. The van der Waals surface area contributed by atoms with Gasteiger partial charge in [0.1, 0.15) is 11.3 Å². The Bertz CT molecular complexity index is 426. The number of rotatable bonds is 7. The van der Waals surface area contributed by atoms with Crippen LogP contribution < -0.4 is 5.73 Å². The van der Waals surface area contributed by atoms with Crippen LogP contribution in [0.3, 0.4) is 0 Å². The second-order valence-electron chi connectivity index (χ2n) is 5.03. The number of likely N-dealkylation sites (N-methyl/N-ethyl adjacent to an activating group) is 1. The molecule has 1 aliphatic rings.